The minimum atomic E-state index is -2.53. The molecule has 0 aromatic heterocycles. The third-order valence-corrected chi connectivity index (χ3v) is 19.3. The van der Waals surface area contributed by atoms with Crippen LogP contribution >= 0.6 is 0 Å². The molecular weight excluding hydrogens is 527 g/mol. The molecule has 2 atom stereocenters. The molecule has 3 N–H and O–H groups in total. The van der Waals surface area contributed by atoms with Gasteiger partial charge in [-0.1, -0.05) is 40.0 Å². The van der Waals surface area contributed by atoms with Gasteiger partial charge in [0.25, 0.3) is 0 Å². The molecule has 10 heteroatoms. The topological polar surface area (TPSA) is 73.0 Å². The summed E-state index contributed by atoms with van der Waals surface area (Å²) in [6.45, 7) is 25.4. The standard InChI is InChI=1S/C28H67N3O4Si3/c1-9-14-20-29-23-17-26-36(6,32-12-4)34-38(8,28-19-25-31-22-16-11-3)35-37(7,33-13-5)27-18-24-30-21-15-10-2/h29-31H,9-28H2,1-8H3. The fraction of sp³-hybridized carbons (Fsp3) is 1.00. The number of rotatable bonds is 29. The molecule has 0 spiro atoms. The molecule has 0 rings (SSSR count). The Morgan fingerprint density at radius 2 is 0.711 bits per heavy atom. The first-order valence-electron chi connectivity index (χ1n) is 16.0. The Bertz CT molecular complexity index is 506. The van der Waals surface area contributed by atoms with Crippen LogP contribution in [0.1, 0.15) is 92.4 Å². The van der Waals surface area contributed by atoms with Crippen LogP contribution in [0.2, 0.25) is 37.8 Å². The van der Waals surface area contributed by atoms with Gasteiger partial charge in [-0.25, -0.2) is 0 Å². The highest BCUT2D eigenvalue weighted by molar-refractivity contribution is 6.85. The highest BCUT2D eigenvalue weighted by Crippen LogP contribution is 2.30. The summed E-state index contributed by atoms with van der Waals surface area (Å²) in [6, 6.07) is 2.96. The van der Waals surface area contributed by atoms with Crippen LogP contribution in [0.15, 0.2) is 0 Å². The molecule has 7 nitrogen and oxygen atoms in total. The molecule has 0 aromatic rings. The quantitative estimate of drug-likeness (QED) is 0.0662. The molecule has 0 amide bonds. The predicted molar refractivity (Wildman–Crippen MR) is 172 cm³/mol. The van der Waals surface area contributed by atoms with Gasteiger partial charge in [-0.2, -0.15) is 0 Å². The fourth-order valence-electron chi connectivity index (χ4n) is 4.84. The predicted octanol–water partition coefficient (Wildman–Crippen LogP) is 6.65. The minimum Gasteiger partial charge on any atom is -0.415 e. The molecule has 0 aliphatic carbocycles. The van der Waals surface area contributed by atoms with Crippen LogP contribution in [0, 0.1) is 0 Å². The van der Waals surface area contributed by atoms with E-state index in [1.807, 2.05) is 0 Å². The van der Waals surface area contributed by atoms with Gasteiger partial charge in [0.15, 0.2) is 0 Å². The Hall–Kier alpha value is 0.371. The van der Waals surface area contributed by atoms with E-state index in [9.17, 15) is 0 Å². The summed E-state index contributed by atoms with van der Waals surface area (Å²) in [5, 5.41) is 10.8. The minimum absolute atomic E-state index is 0.693. The Morgan fingerprint density at radius 3 is 1.00 bits per heavy atom. The molecule has 0 radical (unpaired) electrons. The van der Waals surface area contributed by atoms with Gasteiger partial charge in [0.1, 0.15) is 0 Å². The third-order valence-electron chi connectivity index (χ3n) is 6.84. The zero-order valence-electron chi connectivity index (χ0n) is 26.8. The van der Waals surface area contributed by atoms with Crippen LogP contribution in [0.3, 0.4) is 0 Å². The summed E-state index contributed by atoms with van der Waals surface area (Å²) < 4.78 is 27.1. The van der Waals surface area contributed by atoms with Crippen molar-refractivity contribution in [3.05, 3.63) is 0 Å². The van der Waals surface area contributed by atoms with Gasteiger partial charge in [0.05, 0.1) is 0 Å². The van der Waals surface area contributed by atoms with Crippen molar-refractivity contribution in [2.24, 2.45) is 0 Å². The summed E-state index contributed by atoms with van der Waals surface area (Å²) in [6.07, 6.45) is 10.6. The van der Waals surface area contributed by atoms with Crippen molar-refractivity contribution in [2.45, 2.75) is 130 Å². The molecule has 0 saturated carbocycles. The molecule has 2 unspecified atom stereocenters. The zero-order valence-corrected chi connectivity index (χ0v) is 29.8. The van der Waals surface area contributed by atoms with Gasteiger partial charge < -0.3 is 33.0 Å². The van der Waals surface area contributed by atoms with E-state index in [0.29, 0.717) is 13.2 Å². The molecule has 0 fully saturated rings. The van der Waals surface area contributed by atoms with Gasteiger partial charge in [-0.15, -0.1) is 0 Å². The average Bonchev–Trinajstić information content (AvgIpc) is 2.85. The largest absolute Gasteiger partial charge is 0.415 e. The lowest BCUT2D eigenvalue weighted by Gasteiger charge is -2.42. The van der Waals surface area contributed by atoms with Gasteiger partial charge in [0, 0.05) is 13.2 Å². The smallest absolute Gasteiger partial charge is 0.326 e. The second-order valence-electron chi connectivity index (χ2n) is 11.1. The summed E-state index contributed by atoms with van der Waals surface area (Å²) in [5.41, 5.74) is 0. The number of nitrogens with one attached hydrogen (secondary N) is 3. The molecule has 38 heavy (non-hydrogen) atoms. The third kappa shape index (κ3) is 20.3. The Morgan fingerprint density at radius 1 is 0.421 bits per heavy atom. The molecule has 0 saturated heterocycles. The zero-order chi connectivity index (χ0) is 28.6. The monoisotopic (exact) mass is 593 g/mol. The van der Waals surface area contributed by atoms with E-state index in [-0.39, 0.29) is 0 Å². The molecule has 0 heterocycles. The van der Waals surface area contributed by atoms with E-state index in [4.69, 9.17) is 17.1 Å². The van der Waals surface area contributed by atoms with E-state index >= 15 is 0 Å². The second-order valence-corrected chi connectivity index (χ2v) is 21.6. The van der Waals surface area contributed by atoms with Crippen LogP contribution in [0.5, 0.6) is 0 Å². The molecular formula is C28H67N3O4Si3. The molecule has 0 aromatic carbocycles. The maximum Gasteiger partial charge on any atom is 0.326 e. The van der Waals surface area contributed by atoms with E-state index in [1.165, 1.54) is 38.5 Å². The van der Waals surface area contributed by atoms with Gasteiger partial charge in [0.2, 0.25) is 0 Å². The van der Waals surface area contributed by atoms with Crippen molar-refractivity contribution in [1.82, 2.24) is 16.0 Å². The molecule has 0 aliphatic rings. The van der Waals surface area contributed by atoms with Crippen molar-refractivity contribution in [3.63, 3.8) is 0 Å². The van der Waals surface area contributed by atoms with Crippen molar-refractivity contribution < 1.29 is 17.1 Å². The first-order valence-corrected chi connectivity index (χ1v) is 23.6. The Kier molecular flexibility index (Phi) is 24.2. The summed E-state index contributed by atoms with van der Waals surface area (Å²) in [7, 11) is -7.29. The van der Waals surface area contributed by atoms with Crippen LogP contribution in [0.4, 0.5) is 0 Å². The lowest BCUT2D eigenvalue weighted by Crippen LogP contribution is -2.58. The maximum absolute atomic E-state index is 7.14. The second kappa shape index (κ2) is 24.0. The molecule has 0 bridgehead atoms. The fourth-order valence-corrected chi connectivity index (χ4v) is 18.8. The van der Waals surface area contributed by atoms with Crippen molar-refractivity contribution in [2.75, 3.05) is 52.5 Å². The Labute approximate surface area is 241 Å². The summed E-state index contributed by atoms with van der Waals surface area (Å²) in [4.78, 5) is 0. The molecule has 230 valence electrons. The van der Waals surface area contributed by atoms with Crippen molar-refractivity contribution in [1.29, 1.82) is 0 Å². The molecule has 0 aliphatic heterocycles. The first-order chi connectivity index (χ1) is 18.2. The number of hydrogen-bond acceptors (Lipinski definition) is 7. The SMILES string of the molecule is CCCCNCCC[Si](C)(OCC)O[Si](C)(CCCNCCCC)O[Si](C)(CCCNCCCC)OCC. The summed E-state index contributed by atoms with van der Waals surface area (Å²) in [5.74, 6) is 0. The number of unbranched alkanes of at least 4 members (excludes halogenated alkanes) is 3. The highest BCUT2D eigenvalue weighted by atomic mass is 28.5. The summed E-state index contributed by atoms with van der Waals surface area (Å²) >= 11 is 0. The van der Waals surface area contributed by atoms with Crippen LogP contribution < -0.4 is 16.0 Å². The van der Waals surface area contributed by atoms with Crippen molar-refractivity contribution >= 4 is 25.7 Å². The lowest BCUT2D eigenvalue weighted by molar-refractivity contribution is 0.203. The van der Waals surface area contributed by atoms with Crippen LogP contribution in [0.25, 0.3) is 0 Å². The highest BCUT2D eigenvalue weighted by Gasteiger charge is 2.47. The maximum atomic E-state index is 7.14. The normalized spacial score (nSPS) is 16.7. The van der Waals surface area contributed by atoms with Gasteiger partial charge in [-0.05, 0) is 129 Å². The number of hydrogen-bond donors (Lipinski definition) is 3. The first kappa shape index (κ1) is 38.4. The Balaban J connectivity index is 5.38. The van der Waals surface area contributed by atoms with E-state index in [0.717, 1.165) is 76.7 Å². The van der Waals surface area contributed by atoms with E-state index < -0.39 is 25.7 Å². The van der Waals surface area contributed by atoms with E-state index in [2.05, 4.69) is 70.2 Å². The van der Waals surface area contributed by atoms with Crippen LogP contribution in [-0.4, -0.2) is 78.2 Å². The van der Waals surface area contributed by atoms with E-state index in [1.54, 1.807) is 0 Å². The van der Waals surface area contributed by atoms with Gasteiger partial charge in [-0.3, -0.25) is 0 Å². The average molecular weight is 594 g/mol. The van der Waals surface area contributed by atoms with Crippen molar-refractivity contribution in [3.8, 4) is 0 Å². The van der Waals surface area contributed by atoms with Crippen LogP contribution in [-0.2, 0) is 17.1 Å². The lowest BCUT2D eigenvalue weighted by atomic mass is 10.3. The van der Waals surface area contributed by atoms with Gasteiger partial charge >= 0.3 is 25.7 Å².